The summed E-state index contributed by atoms with van der Waals surface area (Å²) in [5.41, 5.74) is 1.27. The Labute approximate surface area is 134 Å². The van der Waals surface area contributed by atoms with Crippen molar-refractivity contribution in [2.75, 3.05) is 14.2 Å². The molecule has 1 atom stereocenters. The number of carbonyl (C=O) groups excluding carboxylic acids is 2. The van der Waals surface area contributed by atoms with Crippen molar-refractivity contribution < 1.29 is 19.1 Å². The van der Waals surface area contributed by atoms with Crippen LogP contribution < -0.4 is 10.1 Å². The zero-order valence-corrected chi connectivity index (χ0v) is 13.0. The van der Waals surface area contributed by atoms with Gasteiger partial charge in [0.1, 0.15) is 5.75 Å². The zero-order valence-electron chi connectivity index (χ0n) is 13.0. The van der Waals surface area contributed by atoms with E-state index in [1.165, 1.54) is 19.5 Å². The van der Waals surface area contributed by atoms with Gasteiger partial charge in [0.15, 0.2) is 0 Å². The number of hydrogen-bond acceptors (Lipinski definition) is 5. The average Bonchev–Trinajstić information content (AvgIpc) is 2.61. The number of amides is 1. The first-order valence-electron chi connectivity index (χ1n) is 7.05. The number of pyridine rings is 1. The molecule has 2 aromatic rings. The van der Waals surface area contributed by atoms with Gasteiger partial charge in [-0.15, -0.1) is 0 Å². The number of ether oxygens (including phenoxy) is 2. The number of nitrogens with zero attached hydrogens (tertiary/aromatic N) is 1. The van der Waals surface area contributed by atoms with Gasteiger partial charge in [0.2, 0.25) is 0 Å². The highest BCUT2D eigenvalue weighted by atomic mass is 16.5. The van der Waals surface area contributed by atoms with Gasteiger partial charge in [-0.3, -0.25) is 14.6 Å². The first kappa shape index (κ1) is 16.5. The molecule has 0 aliphatic carbocycles. The molecule has 1 unspecified atom stereocenters. The number of nitrogens with one attached hydrogen (secondary N) is 1. The Kier molecular flexibility index (Phi) is 5.68. The standard InChI is InChI=1S/C17H18N2O4/c1-22-14-5-3-12(4-6-14)15(11-16(20)23-2)19-17(21)13-7-9-18-10-8-13/h3-10,15H,11H2,1-2H3,(H,19,21). The van der Waals surface area contributed by atoms with Gasteiger partial charge in [0.05, 0.1) is 26.7 Å². The second kappa shape index (κ2) is 7.93. The Morgan fingerprint density at radius 2 is 1.74 bits per heavy atom. The van der Waals surface area contributed by atoms with Crippen LogP contribution in [0.5, 0.6) is 5.75 Å². The summed E-state index contributed by atoms with van der Waals surface area (Å²) in [6.45, 7) is 0. The lowest BCUT2D eigenvalue weighted by molar-refractivity contribution is -0.141. The molecule has 1 amide bonds. The van der Waals surface area contributed by atoms with Crippen LogP contribution in [0.2, 0.25) is 0 Å². The summed E-state index contributed by atoms with van der Waals surface area (Å²) in [6.07, 6.45) is 3.12. The fourth-order valence-corrected chi connectivity index (χ4v) is 2.08. The monoisotopic (exact) mass is 314 g/mol. The highest BCUT2D eigenvalue weighted by Crippen LogP contribution is 2.21. The van der Waals surface area contributed by atoms with E-state index in [9.17, 15) is 9.59 Å². The molecule has 2 rings (SSSR count). The van der Waals surface area contributed by atoms with Crippen molar-refractivity contribution in [3.05, 3.63) is 59.9 Å². The second-order valence-corrected chi connectivity index (χ2v) is 4.82. The Morgan fingerprint density at radius 3 is 2.30 bits per heavy atom. The van der Waals surface area contributed by atoms with Crippen LogP contribution >= 0.6 is 0 Å². The number of carbonyl (C=O) groups is 2. The van der Waals surface area contributed by atoms with E-state index in [0.29, 0.717) is 11.3 Å². The Morgan fingerprint density at radius 1 is 1.09 bits per heavy atom. The van der Waals surface area contributed by atoms with Crippen LogP contribution in [0.3, 0.4) is 0 Å². The minimum atomic E-state index is -0.492. The van der Waals surface area contributed by atoms with Crippen molar-refractivity contribution >= 4 is 11.9 Å². The maximum absolute atomic E-state index is 12.3. The molecule has 0 aliphatic heterocycles. The van der Waals surface area contributed by atoms with E-state index in [1.807, 2.05) is 0 Å². The highest BCUT2D eigenvalue weighted by molar-refractivity contribution is 5.94. The SMILES string of the molecule is COC(=O)CC(NC(=O)c1ccncc1)c1ccc(OC)cc1. The minimum Gasteiger partial charge on any atom is -0.497 e. The van der Waals surface area contributed by atoms with Crippen LogP contribution in [-0.2, 0) is 9.53 Å². The molecule has 1 aromatic heterocycles. The van der Waals surface area contributed by atoms with Crippen molar-refractivity contribution in [1.82, 2.24) is 10.3 Å². The summed E-state index contributed by atoms with van der Waals surface area (Å²) in [7, 11) is 2.89. The summed E-state index contributed by atoms with van der Waals surface area (Å²) >= 11 is 0. The molecular weight excluding hydrogens is 296 g/mol. The smallest absolute Gasteiger partial charge is 0.307 e. The molecule has 1 heterocycles. The van der Waals surface area contributed by atoms with Gasteiger partial charge >= 0.3 is 5.97 Å². The van der Waals surface area contributed by atoms with Crippen LogP contribution in [0.25, 0.3) is 0 Å². The average molecular weight is 314 g/mol. The third kappa shape index (κ3) is 4.54. The molecule has 1 N–H and O–H groups in total. The van der Waals surface area contributed by atoms with Crippen molar-refractivity contribution in [3.8, 4) is 5.75 Å². The fourth-order valence-electron chi connectivity index (χ4n) is 2.08. The van der Waals surface area contributed by atoms with Gasteiger partial charge in [-0.2, -0.15) is 0 Å². The lowest BCUT2D eigenvalue weighted by atomic mass is 10.0. The molecule has 0 fully saturated rings. The fraction of sp³-hybridized carbons (Fsp3) is 0.235. The number of benzene rings is 1. The Hall–Kier alpha value is -2.89. The topological polar surface area (TPSA) is 77.5 Å². The molecule has 0 radical (unpaired) electrons. The van der Waals surface area contributed by atoms with Crippen LogP contribution in [0.1, 0.15) is 28.4 Å². The van der Waals surface area contributed by atoms with Gasteiger partial charge in [-0.05, 0) is 29.8 Å². The number of rotatable bonds is 6. The number of methoxy groups -OCH3 is 2. The number of esters is 1. The quantitative estimate of drug-likeness (QED) is 0.826. The van der Waals surface area contributed by atoms with E-state index in [2.05, 4.69) is 10.3 Å². The van der Waals surface area contributed by atoms with Crippen molar-refractivity contribution in [1.29, 1.82) is 0 Å². The molecule has 23 heavy (non-hydrogen) atoms. The van der Waals surface area contributed by atoms with Crippen LogP contribution in [0, 0.1) is 0 Å². The molecule has 1 aromatic carbocycles. The van der Waals surface area contributed by atoms with Crippen molar-refractivity contribution in [3.63, 3.8) is 0 Å². The first-order valence-corrected chi connectivity index (χ1v) is 7.05. The van der Waals surface area contributed by atoms with Gasteiger partial charge in [-0.1, -0.05) is 12.1 Å². The predicted octanol–water partition coefficient (Wildman–Crippen LogP) is 2.12. The molecular formula is C17H18N2O4. The van der Waals surface area contributed by atoms with E-state index >= 15 is 0 Å². The molecule has 0 saturated heterocycles. The van der Waals surface area contributed by atoms with Crippen LogP contribution in [0.4, 0.5) is 0 Å². The molecule has 0 bridgehead atoms. The Balaban J connectivity index is 2.19. The first-order chi connectivity index (χ1) is 11.1. The van der Waals surface area contributed by atoms with Gasteiger partial charge < -0.3 is 14.8 Å². The van der Waals surface area contributed by atoms with Gasteiger partial charge in [0, 0.05) is 18.0 Å². The molecule has 6 heteroatoms. The molecule has 0 aliphatic rings. The summed E-state index contributed by atoms with van der Waals surface area (Å²) in [6, 6.07) is 9.89. The van der Waals surface area contributed by atoms with E-state index < -0.39 is 12.0 Å². The maximum atomic E-state index is 12.3. The third-order valence-corrected chi connectivity index (χ3v) is 3.36. The lowest BCUT2D eigenvalue weighted by Crippen LogP contribution is -2.30. The molecule has 0 spiro atoms. The van der Waals surface area contributed by atoms with E-state index in [-0.39, 0.29) is 12.3 Å². The number of hydrogen-bond donors (Lipinski definition) is 1. The maximum Gasteiger partial charge on any atom is 0.307 e. The summed E-state index contributed by atoms with van der Waals surface area (Å²) < 4.78 is 9.83. The van der Waals surface area contributed by atoms with Crippen LogP contribution in [-0.4, -0.2) is 31.1 Å². The van der Waals surface area contributed by atoms with E-state index in [1.54, 1.807) is 43.5 Å². The van der Waals surface area contributed by atoms with Crippen molar-refractivity contribution in [2.24, 2.45) is 0 Å². The third-order valence-electron chi connectivity index (χ3n) is 3.36. The second-order valence-electron chi connectivity index (χ2n) is 4.82. The molecule has 6 nitrogen and oxygen atoms in total. The summed E-state index contributed by atoms with van der Waals surface area (Å²) in [5.74, 6) is 0.0176. The van der Waals surface area contributed by atoms with E-state index in [4.69, 9.17) is 9.47 Å². The van der Waals surface area contributed by atoms with Gasteiger partial charge in [-0.25, -0.2) is 0 Å². The predicted molar refractivity (Wildman–Crippen MR) is 84.1 cm³/mol. The van der Waals surface area contributed by atoms with Gasteiger partial charge in [0.25, 0.3) is 5.91 Å². The highest BCUT2D eigenvalue weighted by Gasteiger charge is 2.19. The molecule has 0 saturated carbocycles. The minimum absolute atomic E-state index is 0.0413. The summed E-state index contributed by atoms with van der Waals surface area (Å²) in [4.78, 5) is 27.8. The largest absolute Gasteiger partial charge is 0.497 e. The molecule has 120 valence electrons. The normalized spacial score (nSPS) is 11.4. The summed E-state index contributed by atoms with van der Waals surface area (Å²) in [5, 5.41) is 2.84. The zero-order chi connectivity index (χ0) is 16.7. The Bertz CT molecular complexity index is 656. The van der Waals surface area contributed by atoms with E-state index in [0.717, 1.165) is 5.56 Å². The number of aromatic nitrogens is 1. The van der Waals surface area contributed by atoms with Crippen molar-refractivity contribution in [2.45, 2.75) is 12.5 Å². The van der Waals surface area contributed by atoms with Crippen LogP contribution in [0.15, 0.2) is 48.8 Å². The lowest BCUT2D eigenvalue weighted by Gasteiger charge is -2.18.